The Hall–Kier alpha value is -3.03. The number of amides is 3. The highest BCUT2D eigenvalue weighted by Crippen LogP contribution is 2.17. The van der Waals surface area contributed by atoms with Gasteiger partial charge in [-0.3, -0.25) is 19.3 Å². The van der Waals surface area contributed by atoms with E-state index >= 15 is 0 Å². The Bertz CT molecular complexity index is 812. The molecule has 0 N–H and O–H groups in total. The summed E-state index contributed by atoms with van der Waals surface area (Å²) in [4.78, 5) is 42.8. The van der Waals surface area contributed by atoms with E-state index in [9.17, 15) is 14.4 Å². The van der Waals surface area contributed by atoms with Crippen molar-refractivity contribution in [3.8, 4) is 0 Å². The molecule has 0 atom stereocenters. The van der Waals surface area contributed by atoms with Crippen molar-refractivity contribution in [1.29, 1.82) is 0 Å². The molecule has 8 heteroatoms. The van der Waals surface area contributed by atoms with E-state index in [2.05, 4.69) is 10.1 Å². The predicted molar refractivity (Wildman–Crippen MR) is 90.7 cm³/mol. The van der Waals surface area contributed by atoms with Crippen LogP contribution in [0.15, 0.2) is 28.8 Å². The molecule has 1 aromatic heterocycles. The van der Waals surface area contributed by atoms with E-state index in [1.807, 2.05) is 6.92 Å². The van der Waals surface area contributed by atoms with Gasteiger partial charge in [0.05, 0.1) is 13.1 Å². The number of hydrogen-bond acceptors (Lipinski definition) is 6. The van der Waals surface area contributed by atoms with E-state index in [4.69, 9.17) is 4.52 Å². The van der Waals surface area contributed by atoms with Gasteiger partial charge in [0.15, 0.2) is 5.82 Å². The molecule has 3 amide bonds. The minimum atomic E-state index is -0.180. The Balaban J connectivity index is 1.62. The molecule has 3 rings (SSSR count). The minimum absolute atomic E-state index is 0.152. The van der Waals surface area contributed by atoms with Crippen molar-refractivity contribution in [1.82, 2.24) is 19.9 Å². The van der Waals surface area contributed by atoms with Crippen LogP contribution in [0, 0.1) is 0 Å². The lowest BCUT2D eigenvalue weighted by Crippen LogP contribution is -2.28. The molecular weight excluding hydrogens is 336 g/mol. The maximum atomic E-state index is 12.5. The number of aryl methyl sites for hydroxylation is 1. The lowest BCUT2D eigenvalue weighted by molar-refractivity contribution is -0.139. The van der Waals surface area contributed by atoms with Crippen molar-refractivity contribution in [2.24, 2.45) is 0 Å². The smallest absolute Gasteiger partial charge is 0.254 e. The topological polar surface area (TPSA) is 96.6 Å². The number of imide groups is 1. The summed E-state index contributed by atoms with van der Waals surface area (Å²) in [6, 6.07) is 6.87. The third-order valence-corrected chi connectivity index (χ3v) is 4.24. The summed E-state index contributed by atoms with van der Waals surface area (Å²) < 4.78 is 5.10. The maximum Gasteiger partial charge on any atom is 0.254 e. The Kier molecular flexibility index (Phi) is 5.11. The van der Waals surface area contributed by atoms with Gasteiger partial charge in [-0.05, 0) is 17.7 Å². The van der Waals surface area contributed by atoms with Gasteiger partial charge in [-0.25, -0.2) is 0 Å². The van der Waals surface area contributed by atoms with Gasteiger partial charge in [0.1, 0.15) is 0 Å². The van der Waals surface area contributed by atoms with Crippen molar-refractivity contribution >= 4 is 17.7 Å². The van der Waals surface area contributed by atoms with Crippen LogP contribution >= 0.6 is 0 Å². The molecule has 0 radical (unpaired) electrons. The van der Waals surface area contributed by atoms with E-state index in [1.165, 1.54) is 9.80 Å². The van der Waals surface area contributed by atoms with Crippen molar-refractivity contribution in [3.05, 3.63) is 47.1 Å². The fourth-order valence-electron chi connectivity index (χ4n) is 2.73. The molecule has 1 aliphatic heterocycles. The first kappa shape index (κ1) is 17.8. The second kappa shape index (κ2) is 7.47. The Labute approximate surface area is 150 Å². The first-order chi connectivity index (χ1) is 12.5. The summed E-state index contributed by atoms with van der Waals surface area (Å²) in [7, 11) is 1.66. The second-order valence-electron chi connectivity index (χ2n) is 6.19. The van der Waals surface area contributed by atoms with Gasteiger partial charge in [-0.15, -0.1) is 0 Å². The first-order valence-corrected chi connectivity index (χ1v) is 8.47. The zero-order chi connectivity index (χ0) is 18.7. The van der Waals surface area contributed by atoms with E-state index in [1.54, 1.807) is 31.3 Å². The number of rotatable bonds is 6. The molecule has 26 heavy (non-hydrogen) atoms. The number of nitrogens with zero attached hydrogens (tertiary/aromatic N) is 4. The number of likely N-dealkylation sites (tertiary alicyclic amines) is 1. The molecule has 1 aliphatic rings. The number of carbonyl (C=O) groups is 3. The quantitative estimate of drug-likeness (QED) is 0.729. The zero-order valence-electron chi connectivity index (χ0n) is 14.8. The standard InChI is InChI=1S/C18H20N4O4/c1-3-14-19-15(26-20-14)11-21(2)18(25)13-6-4-12(5-7-13)10-22-16(23)8-9-17(22)24/h4-7H,3,8-11H2,1-2H3. The van der Waals surface area contributed by atoms with Crippen molar-refractivity contribution in [2.45, 2.75) is 39.3 Å². The van der Waals surface area contributed by atoms with E-state index < -0.39 is 0 Å². The molecule has 1 fully saturated rings. The monoisotopic (exact) mass is 356 g/mol. The van der Waals surface area contributed by atoms with Crippen LogP contribution in [0.2, 0.25) is 0 Å². The fraction of sp³-hybridized carbons (Fsp3) is 0.389. The van der Waals surface area contributed by atoms with Crippen LogP contribution in [-0.2, 0) is 29.1 Å². The van der Waals surface area contributed by atoms with Gasteiger partial charge in [0.2, 0.25) is 17.7 Å². The van der Waals surface area contributed by atoms with Gasteiger partial charge in [-0.2, -0.15) is 4.98 Å². The van der Waals surface area contributed by atoms with Crippen LogP contribution < -0.4 is 0 Å². The molecule has 0 saturated carbocycles. The Morgan fingerprint density at radius 3 is 2.42 bits per heavy atom. The van der Waals surface area contributed by atoms with Gasteiger partial charge >= 0.3 is 0 Å². The summed E-state index contributed by atoms with van der Waals surface area (Å²) in [5, 5.41) is 3.81. The van der Waals surface area contributed by atoms with E-state index in [-0.39, 0.29) is 43.7 Å². The lowest BCUT2D eigenvalue weighted by atomic mass is 10.1. The summed E-state index contributed by atoms with van der Waals surface area (Å²) in [6.45, 7) is 2.39. The number of benzene rings is 1. The molecule has 2 heterocycles. The molecule has 0 bridgehead atoms. The third kappa shape index (κ3) is 3.79. The van der Waals surface area contributed by atoms with Crippen molar-refractivity contribution in [2.75, 3.05) is 7.05 Å². The SMILES string of the molecule is CCc1noc(CN(C)C(=O)c2ccc(CN3C(=O)CCC3=O)cc2)n1. The highest BCUT2D eigenvalue weighted by atomic mass is 16.5. The van der Waals surface area contributed by atoms with Crippen LogP contribution in [0.3, 0.4) is 0 Å². The van der Waals surface area contributed by atoms with Crippen LogP contribution in [0.5, 0.6) is 0 Å². The van der Waals surface area contributed by atoms with Crippen LogP contribution in [0.4, 0.5) is 0 Å². The van der Waals surface area contributed by atoms with Crippen LogP contribution in [0.1, 0.15) is 47.4 Å². The summed E-state index contributed by atoms with van der Waals surface area (Å²) >= 11 is 0. The van der Waals surface area contributed by atoms with Crippen LogP contribution in [-0.4, -0.2) is 44.7 Å². The number of aromatic nitrogens is 2. The molecular formula is C18H20N4O4. The van der Waals surface area contributed by atoms with Gasteiger partial charge in [0.25, 0.3) is 5.91 Å². The fourth-order valence-corrected chi connectivity index (χ4v) is 2.73. The molecule has 8 nitrogen and oxygen atoms in total. The molecule has 136 valence electrons. The zero-order valence-corrected chi connectivity index (χ0v) is 14.8. The summed E-state index contributed by atoms with van der Waals surface area (Å²) in [5.74, 6) is 0.513. The van der Waals surface area contributed by atoms with Crippen molar-refractivity contribution in [3.63, 3.8) is 0 Å². The van der Waals surface area contributed by atoms with Crippen LogP contribution in [0.25, 0.3) is 0 Å². The molecule has 0 spiro atoms. The molecule has 0 aliphatic carbocycles. The van der Waals surface area contributed by atoms with Gasteiger partial charge in [-0.1, -0.05) is 24.2 Å². The lowest BCUT2D eigenvalue weighted by Gasteiger charge is -2.16. The first-order valence-electron chi connectivity index (χ1n) is 8.47. The molecule has 0 unspecified atom stereocenters. The summed E-state index contributed by atoms with van der Waals surface area (Å²) in [5.41, 5.74) is 1.31. The highest BCUT2D eigenvalue weighted by Gasteiger charge is 2.28. The molecule has 2 aromatic rings. The highest BCUT2D eigenvalue weighted by molar-refractivity contribution is 6.01. The second-order valence-corrected chi connectivity index (χ2v) is 6.19. The summed E-state index contributed by atoms with van der Waals surface area (Å²) in [6.07, 6.45) is 1.22. The molecule has 1 aromatic carbocycles. The predicted octanol–water partition coefficient (Wildman–Crippen LogP) is 1.55. The average molecular weight is 356 g/mol. The minimum Gasteiger partial charge on any atom is -0.337 e. The van der Waals surface area contributed by atoms with E-state index in [0.717, 1.165) is 5.56 Å². The van der Waals surface area contributed by atoms with Crippen molar-refractivity contribution < 1.29 is 18.9 Å². The Morgan fingerprint density at radius 1 is 1.19 bits per heavy atom. The molecule has 1 saturated heterocycles. The average Bonchev–Trinajstić information content (AvgIpc) is 3.23. The third-order valence-electron chi connectivity index (χ3n) is 4.24. The number of carbonyl (C=O) groups excluding carboxylic acids is 3. The van der Waals surface area contributed by atoms with Gasteiger partial charge in [0, 0.05) is 31.9 Å². The largest absolute Gasteiger partial charge is 0.337 e. The maximum absolute atomic E-state index is 12.5. The normalized spacial score (nSPS) is 14.2. The van der Waals surface area contributed by atoms with E-state index in [0.29, 0.717) is 23.7 Å². The Morgan fingerprint density at radius 2 is 1.85 bits per heavy atom. The number of hydrogen-bond donors (Lipinski definition) is 0. The van der Waals surface area contributed by atoms with Gasteiger partial charge < -0.3 is 9.42 Å².